The van der Waals surface area contributed by atoms with Crippen LogP contribution in [0.3, 0.4) is 0 Å². The molecule has 3 nitrogen and oxygen atoms in total. The van der Waals surface area contributed by atoms with Crippen LogP contribution in [0.2, 0.25) is 0 Å². The van der Waals surface area contributed by atoms with Crippen LogP contribution in [0.5, 0.6) is 0 Å². The number of likely N-dealkylation sites (tertiary alicyclic amines) is 1. The fraction of sp³-hybridized carbons (Fsp3) is 1.00. The summed E-state index contributed by atoms with van der Waals surface area (Å²) in [5.74, 6) is 0.501. The molecule has 1 fully saturated rings. The molecule has 1 heterocycles. The van der Waals surface area contributed by atoms with E-state index in [-0.39, 0.29) is 11.5 Å². The second kappa shape index (κ2) is 6.72. The summed E-state index contributed by atoms with van der Waals surface area (Å²) in [4.78, 5) is 2.53. The molecule has 0 radical (unpaired) electrons. The molecule has 1 aliphatic heterocycles. The first-order valence-corrected chi connectivity index (χ1v) is 7.11. The van der Waals surface area contributed by atoms with Crippen molar-refractivity contribution in [3.8, 4) is 0 Å². The molecule has 1 aliphatic rings. The fourth-order valence-electron chi connectivity index (χ4n) is 2.98. The quantitative estimate of drug-likeness (QED) is 0.747. The standard InChI is InChI=1S/C14H30N2O/c1-4-7-14(3,10-15)11-16-8-5-13(6-9-16)12(2)17/h12-13,17H,4-11,15H2,1-3H3. The SMILES string of the molecule is CCCC(C)(CN)CN1CCC(C(C)O)CC1. The van der Waals surface area contributed by atoms with Crippen LogP contribution in [0.15, 0.2) is 0 Å². The first kappa shape index (κ1) is 14.9. The predicted octanol–water partition coefficient (Wildman–Crippen LogP) is 1.84. The Kier molecular flexibility index (Phi) is 5.90. The number of rotatable bonds is 6. The van der Waals surface area contributed by atoms with Crippen molar-refractivity contribution < 1.29 is 5.11 Å². The number of hydrogen-bond acceptors (Lipinski definition) is 3. The molecule has 0 aromatic rings. The van der Waals surface area contributed by atoms with Crippen molar-refractivity contribution in [2.24, 2.45) is 17.1 Å². The van der Waals surface area contributed by atoms with Crippen molar-refractivity contribution in [3.63, 3.8) is 0 Å². The van der Waals surface area contributed by atoms with Gasteiger partial charge < -0.3 is 15.7 Å². The van der Waals surface area contributed by atoms with Crippen molar-refractivity contribution in [2.75, 3.05) is 26.2 Å². The first-order valence-electron chi connectivity index (χ1n) is 7.11. The number of nitrogens with zero attached hydrogens (tertiary/aromatic N) is 1. The molecule has 2 atom stereocenters. The van der Waals surface area contributed by atoms with E-state index in [9.17, 15) is 5.11 Å². The van der Waals surface area contributed by atoms with E-state index in [0.29, 0.717) is 5.92 Å². The molecule has 17 heavy (non-hydrogen) atoms. The van der Waals surface area contributed by atoms with Crippen molar-refractivity contribution in [3.05, 3.63) is 0 Å². The van der Waals surface area contributed by atoms with E-state index in [1.54, 1.807) is 0 Å². The Bertz CT molecular complexity index is 212. The Hall–Kier alpha value is -0.120. The molecule has 0 spiro atoms. The second-order valence-corrected chi connectivity index (χ2v) is 6.12. The number of aliphatic hydroxyl groups is 1. The van der Waals surface area contributed by atoms with E-state index in [4.69, 9.17) is 5.73 Å². The van der Waals surface area contributed by atoms with Crippen LogP contribution < -0.4 is 5.73 Å². The van der Waals surface area contributed by atoms with E-state index in [0.717, 1.165) is 39.0 Å². The number of nitrogens with two attached hydrogens (primary N) is 1. The topological polar surface area (TPSA) is 49.5 Å². The van der Waals surface area contributed by atoms with E-state index >= 15 is 0 Å². The molecule has 0 aliphatic carbocycles. The summed E-state index contributed by atoms with van der Waals surface area (Å²) in [6, 6.07) is 0. The molecule has 3 heteroatoms. The Morgan fingerprint density at radius 1 is 1.41 bits per heavy atom. The normalized spacial score (nSPS) is 24.5. The van der Waals surface area contributed by atoms with Crippen molar-refractivity contribution >= 4 is 0 Å². The molecular formula is C14H30N2O. The van der Waals surface area contributed by atoms with Crippen LogP contribution in [-0.2, 0) is 0 Å². The molecule has 0 amide bonds. The second-order valence-electron chi connectivity index (χ2n) is 6.12. The molecule has 2 unspecified atom stereocenters. The van der Waals surface area contributed by atoms with Crippen LogP contribution in [0.1, 0.15) is 46.5 Å². The number of aliphatic hydroxyl groups excluding tert-OH is 1. The van der Waals surface area contributed by atoms with Gasteiger partial charge in [-0.05, 0) is 57.2 Å². The lowest BCUT2D eigenvalue weighted by atomic mass is 9.83. The molecule has 3 N–H and O–H groups in total. The van der Waals surface area contributed by atoms with Gasteiger partial charge in [0.2, 0.25) is 0 Å². The van der Waals surface area contributed by atoms with E-state index in [1.807, 2.05) is 6.92 Å². The maximum Gasteiger partial charge on any atom is 0.0541 e. The minimum Gasteiger partial charge on any atom is -0.393 e. The van der Waals surface area contributed by atoms with E-state index in [1.165, 1.54) is 12.8 Å². The highest BCUT2D eigenvalue weighted by atomic mass is 16.3. The summed E-state index contributed by atoms with van der Waals surface area (Å²) in [7, 11) is 0. The van der Waals surface area contributed by atoms with E-state index in [2.05, 4.69) is 18.7 Å². The molecule has 1 rings (SSSR count). The Morgan fingerprint density at radius 3 is 2.41 bits per heavy atom. The fourth-order valence-corrected chi connectivity index (χ4v) is 2.98. The lowest BCUT2D eigenvalue weighted by Crippen LogP contribution is -2.45. The summed E-state index contributed by atoms with van der Waals surface area (Å²) in [5, 5.41) is 9.59. The lowest BCUT2D eigenvalue weighted by molar-refractivity contribution is 0.0550. The lowest BCUT2D eigenvalue weighted by Gasteiger charge is -2.39. The van der Waals surface area contributed by atoms with Gasteiger partial charge in [0.15, 0.2) is 0 Å². The number of piperidine rings is 1. The molecular weight excluding hydrogens is 212 g/mol. The largest absolute Gasteiger partial charge is 0.393 e. The van der Waals surface area contributed by atoms with Crippen LogP contribution in [0.4, 0.5) is 0 Å². The summed E-state index contributed by atoms with van der Waals surface area (Å²) in [6.45, 7) is 10.6. The minimum atomic E-state index is -0.145. The highest BCUT2D eigenvalue weighted by molar-refractivity contribution is 4.83. The highest BCUT2D eigenvalue weighted by Gasteiger charge is 2.28. The van der Waals surface area contributed by atoms with Gasteiger partial charge in [0.25, 0.3) is 0 Å². The van der Waals surface area contributed by atoms with Gasteiger partial charge in [-0.2, -0.15) is 0 Å². The van der Waals surface area contributed by atoms with Gasteiger partial charge in [-0.15, -0.1) is 0 Å². The monoisotopic (exact) mass is 242 g/mol. The molecule has 0 saturated carbocycles. The van der Waals surface area contributed by atoms with Crippen LogP contribution in [-0.4, -0.2) is 42.3 Å². The molecule has 0 aromatic carbocycles. The summed E-state index contributed by atoms with van der Waals surface area (Å²) >= 11 is 0. The van der Waals surface area contributed by atoms with E-state index < -0.39 is 0 Å². The maximum absolute atomic E-state index is 9.59. The Morgan fingerprint density at radius 2 is 2.00 bits per heavy atom. The van der Waals surface area contributed by atoms with Gasteiger partial charge in [-0.25, -0.2) is 0 Å². The predicted molar refractivity (Wildman–Crippen MR) is 72.9 cm³/mol. The minimum absolute atomic E-state index is 0.145. The summed E-state index contributed by atoms with van der Waals surface area (Å²) in [6.07, 6.45) is 4.53. The third-order valence-electron chi connectivity index (χ3n) is 4.27. The smallest absolute Gasteiger partial charge is 0.0541 e. The van der Waals surface area contributed by atoms with Crippen LogP contribution in [0, 0.1) is 11.3 Å². The van der Waals surface area contributed by atoms with Crippen LogP contribution in [0.25, 0.3) is 0 Å². The zero-order valence-corrected chi connectivity index (χ0v) is 11.8. The average molecular weight is 242 g/mol. The number of hydrogen-bond donors (Lipinski definition) is 2. The van der Waals surface area contributed by atoms with Crippen LogP contribution >= 0.6 is 0 Å². The average Bonchev–Trinajstić information content (AvgIpc) is 2.30. The zero-order chi connectivity index (χ0) is 12.9. The van der Waals surface area contributed by atoms with Gasteiger partial charge in [0, 0.05) is 6.54 Å². The summed E-state index contributed by atoms with van der Waals surface area (Å²) in [5.41, 5.74) is 6.19. The van der Waals surface area contributed by atoms with Gasteiger partial charge in [-0.1, -0.05) is 20.3 Å². The van der Waals surface area contributed by atoms with Crippen molar-refractivity contribution in [1.82, 2.24) is 4.90 Å². The zero-order valence-electron chi connectivity index (χ0n) is 11.8. The molecule has 102 valence electrons. The Balaban J connectivity index is 2.38. The summed E-state index contributed by atoms with van der Waals surface area (Å²) < 4.78 is 0. The highest BCUT2D eigenvalue weighted by Crippen LogP contribution is 2.27. The molecule has 1 saturated heterocycles. The van der Waals surface area contributed by atoms with Gasteiger partial charge in [-0.3, -0.25) is 0 Å². The van der Waals surface area contributed by atoms with Gasteiger partial charge in [0.05, 0.1) is 6.10 Å². The van der Waals surface area contributed by atoms with Crippen molar-refractivity contribution in [2.45, 2.75) is 52.6 Å². The maximum atomic E-state index is 9.59. The third-order valence-corrected chi connectivity index (χ3v) is 4.27. The molecule has 0 bridgehead atoms. The Labute approximate surface area is 106 Å². The van der Waals surface area contributed by atoms with Crippen molar-refractivity contribution in [1.29, 1.82) is 0 Å². The van der Waals surface area contributed by atoms with Gasteiger partial charge in [0.1, 0.15) is 0 Å². The molecule has 0 aromatic heterocycles. The van der Waals surface area contributed by atoms with Gasteiger partial charge >= 0.3 is 0 Å². The third kappa shape index (κ3) is 4.57. The first-order chi connectivity index (χ1) is 8.00.